The Morgan fingerprint density at radius 2 is 1.49 bits per heavy atom. The van der Waals surface area contributed by atoms with Crippen molar-refractivity contribution >= 4 is 74.9 Å². The van der Waals surface area contributed by atoms with Gasteiger partial charge in [-0.1, -0.05) is 109 Å². The third kappa shape index (κ3) is 24.1. The zero-order valence-electron chi connectivity index (χ0n) is 41.0. The molecule has 0 bridgehead atoms. The van der Waals surface area contributed by atoms with E-state index in [4.69, 9.17) is 10.5 Å². The minimum Gasteiger partial charge on any atom is -0.790 e. The van der Waals surface area contributed by atoms with Crippen LogP contribution in [0.3, 0.4) is 0 Å². The van der Waals surface area contributed by atoms with Gasteiger partial charge in [0, 0.05) is 37.1 Å². The summed E-state index contributed by atoms with van der Waals surface area (Å²) in [4.78, 5) is 109. The molecule has 2 aromatic rings. The molecule has 0 saturated carbocycles. The van der Waals surface area contributed by atoms with Crippen LogP contribution in [0.1, 0.15) is 143 Å². The third-order valence-electron chi connectivity index (χ3n) is 11.3. The minimum atomic E-state index is -5.94. The molecule has 7 atom stereocenters. The van der Waals surface area contributed by atoms with E-state index in [1.165, 1.54) is 78.1 Å². The van der Waals surface area contributed by atoms with Gasteiger partial charge in [0.2, 0.25) is 11.8 Å². The van der Waals surface area contributed by atoms with Gasteiger partial charge in [0.25, 0.3) is 15.6 Å². The number of amides is 2. The lowest BCUT2D eigenvalue weighted by molar-refractivity contribution is -0.347. The fourth-order valence-corrected chi connectivity index (χ4v) is 10.7. The number of ketones is 1. The Labute approximate surface area is 424 Å². The van der Waals surface area contributed by atoms with E-state index in [1.807, 2.05) is 0 Å². The topological polar surface area (TPSA) is 392 Å². The van der Waals surface area contributed by atoms with Crippen molar-refractivity contribution in [3.63, 3.8) is 0 Å². The molecule has 6 N–H and O–H groups in total. The van der Waals surface area contributed by atoms with Crippen molar-refractivity contribution < 1.29 is 85.3 Å². The molecule has 72 heavy (non-hydrogen) atoms. The number of rotatable bonds is 38. The second-order valence-corrected chi connectivity index (χ2v) is 23.2. The largest absolute Gasteiger partial charge is 0.790 e. The first-order chi connectivity index (χ1) is 33.9. The Morgan fingerprint density at radius 3 is 2.12 bits per heavy atom. The molecule has 3 heterocycles. The highest BCUT2D eigenvalue weighted by Crippen LogP contribution is 2.56. The van der Waals surface area contributed by atoms with E-state index in [9.17, 15) is 62.7 Å². The third-order valence-corrected chi connectivity index (χ3v) is 15.2. The van der Waals surface area contributed by atoms with Crippen LogP contribution in [0, 0.1) is 5.41 Å². The molecule has 1 aliphatic heterocycles. The van der Waals surface area contributed by atoms with Gasteiger partial charge in [-0.3, -0.25) is 32.9 Å². The van der Waals surface area contributed by atoms with E-state index in [1.54, 1.807) is 0 Å². The number of aliphatic hydroxyl groups excluding tert-OH is 2. The number of nitrogen functional groups attached to an aromatic ring is 1. The van der Waals surface area contributed by atoms with Crippen molar-refractivity contribution in [1.29, 1.82) is 0 Å². The highest BCUT2D eigenvalue weighted by Gasteiger charge is 2.47. The molecule has 1 fully saturated rings. The van der Waals surface area contributed by atoms with Crippen molar-refractivity contribution in [3.05, 3.63) is 24.8 Å². The summed E-state index contributed by atoms with van der Waals surface area (Å²) in [5, 5.41) is 26.1. The summed E-state index contributed by atoms with van der Waals surface area (Å²) >= 11 is 0.927. The van der Waals surface area contributed by atoms with Crippen molar-refractivity contribution in [2.45, 2.75) is 167 Å². The number of phosphoric acid groups is 3. The monoisotopic (exact) mass is 1100 g/mol. The molecule has 1 aliphatic rings. The molecule has 25 nitrogen and oxygen atoms in total. The lowest BCUT2D eigenvalue weighted by Crippen LogP contribution is -2.46. The van der Waals surface area contributed by atoms with E-state index >= 15 is 0 Å². The second-order valence-electron chi connectivity index (χ2n) is 18.0. The molecule has 0 aromatic carbocycles. The Balaban J connectivity index is 1.27. The number of carbonyl (C=O) groups excluding carboxylic acids is 4. The zero-order chi connectivity index (χ0) is 53.4. The average molecular weight is 1100 g/mol. The number of phosphoric ester groups is 3. The zero-order valence-corrected chi connectivity index (χ0v) is 44.5. The van der Waals surface area contributed by atoms with Crippen LogP contribution >= 0.6 is 35.2 Å². The van der Waals surface area contributed by atoms with Crippen molar-refractivity contribution in [2.75, 3.05) is 37.8 Å². The van der Waals surface area contributed by atoms with Gasteiger partial charge in [-0.25, -0.2) is 19.3 Å². The number of hydrogen-bond acceptors (Lipinski definition) is 23. The van der Waals surface area contributed by atoms with Crippen molar-refractivity contribution in [3.8, 4) is 0 Å². The van der Waals surface area contributed by atoms with Crippen LogP contribution in [-0.2, 0) is 55.5 Å². The first kappa shape index (κ1) is 63.3. The number of anilines is 1. The number of nitrogens with zero attached hydrogens (tertiary/aromatic N) is 4. The quantitative estimate of drug-likeness (QED) is 0.0279. The molecule has 1 saturated heterocycles. The van der Waals surface area contributed by atoms with Gasteiger partial charge in [0.15, 0.2) is 22.8 Å². The van der Waals surface area contributed by atoms with Crippen LogP contribution < -0.4 is 35.9 Å². The summed E-state index contributed by atoms with van der Waals surface area (Å²) in [5.41, 5.74) is 4.05. The molecule has 0 aliphatic carbocycles. The molecule has 0 radical (unpaired) electrons. The van der Waals surface area contributed by atoms with Gasteiger partial charge in [-0.05, 0) is 32.1 Å². The summed E-state index contributed by atoms with van der Waals surface area (Å²) in [6, 6.07) is 0. The second kappa shape index (κ2) is 31.8. The maximum absolute atomic E-state index is 12.7. The number of Topliss-reactive ketones (excluding diaryl/α,β-unsaturated/α-hetero) is 1. The summed E-state index contributed by atoms with van der Waals surface area (Å²) < 4.78 is 60.8. The van der Waals surface area contributed by atoms with Gasteiger partial charge in [-0.15, -0.1) is 0 Å². The molecule has 3 rings (SSSR count). The number of aromatic nitrogens is 4. The smallest absolute Gasteiger partial charge is 0.274 e. The predicted molar refractivity (Wildman–Crippen MR) is 257 cm³/mol. The van der Waals surface area contributed by atoms with Crippen LogP contribution in [-0.4, -0.2) is 109 Å². The number of nitrogens with one attached hydrogen (secondary N) is 2. The molecule has 0 spiro atoms. The Kier molecular flexibility index (Phi) is 27.9. The maximum Gasteiger partial charge on any atom is 0.274 e. The van der Waals surface area contributed by atoms with Gasteiger partial charge in [-0.2, -0.15) is 0 Å². The van der Waals surface area contributed by atoms with E-state index in [-0.39, 0.29) is 59.6 Å². The SMILES string of the molecule is CCCCCCCC/C=C\CCCCCCCCCC(=O)CC(=O)SCCNC(=O)CCNC(=O)[C@H](O)C(C)(C)COP(=O)([O-])OP(=O)([O-])OC[C@H]1O[C@@H](n2cnc3c(N)ncnc32)[C@H](O)[C@@H]1OP(=O)([O-])[O-]. The number of imidazole rings is 1. The summed E-state index contributed by atoms with van der Waals surface area (Å²) in [6.45, 7) is 2.17. The lowest BCUT2D eigenvalue weighted by Gasteiger charge is -2.36. The highest BCUT2D eigenvalue weighted by molar-refractivity contribution is 8.13. The van der Waals surface area contributed by atoms with Gasteiger partial charge >= 0.3 is 0 Å². The minimum absolute atomic E-state index is 0.0258. The summed E-state index contributed by atoms with van der Waals surface area (Å²) in [5.74, 6) is -1.52. The van der Waals surface area contributed by atoms with E-state index in [0.29, 0.717) is 6.42 Å². The van der Waals surface area contributed by atoms with Crippen LogP contribution in [0.15, 0.2) is 24.8 Å². The van der Waals surface area contributed by atoms with Gasteiger partial charge in [0.05, 0.1) is 33.8 Å². The van der Waals surface area contributed by atoms with Crippen LogP contribution in [0.25, 0.3) is 11.2 Å². The number of unbranched alkanes of at least 4 members (excludes halogenated alkanes) is 13. The molecular formula is C43H70N7O18P3S-4. The van der Waals surface area contributed by atoms with E-state index in [0.717, 1.165) is 61.1 Å². The number of ether oxygens (including phenoxy) is 1. The number of allylic oxidation sites excluding steroid dienone is 2. The van der Waals surface area contributed by atoms with E-state index < -0.39 is 84.6 Å². The number of nitrogens with two attached hydrogens (primary N) is 1. The molecule has 410 valence electrons. The number of aliphatic hydroxyl groups is 2. The highest BCUT2D eigenvalue weighted by atomic mass is 32.2. The van der Waals surface area contributed by atoms with Gasteiger partial charge in [0.1, 0.15) is 42.0 Å². The predicted octanol–water partition coefficient (Wildman–Crippen LogP) is 2.91. The number of fused-ring (bicyclic) bond motifs is 1. The normalized spacial score (nSPS) is 19.6. The van der Waals surface area contributed by atoms with Crippen molar-refractivity contribution in [1.82, 2.24) is 30.2 Å². The Hall–Kier alpha value is -3.03. The molecule has 2 amide bonds. The first-order valence-corrected chi connectivity index (χ1v) is 29.5. The van der Waals surface area contributed by atoms with Crippen LogP contribution in [0.5, 0.6) is 0 Å². The fourth-order valence-electron chi connectivity index (χ4n) is 7.32. The Morgan fingerprint density at radius 1 is 0.875 bits per heavy atom. The molecule has 2 unspecified atom stereocenters. The number of thioether (sulfide) groups is 1. The maximum atomic E-state index is 12.7. The van der Waals surface area contributed by atoms with E-state index in [2.05, 4.69) is 62.5 Å². The molecule has 29 heteroatoms. The van der Waals surface area contributed by atoms with Crippen LogP contribution in [0.4, 0.5) is 5.82 Å². The lowest BCUT2D eigenvalue weighted by atomic mass is 9.87. The Bertz CT molecular complexity index is 2200. The van der Waals surface area contributed by atoms with Gasteiger partial charge < -0.3 is 69.0 Å². The standard InChI is InChI=1S/C43H74N7O18P3S/c1-4-5-6-7-8-9-10-11-12-13-14-15-16-17-18-19-20-21-31(51)26-34(53)72-25-24-45-33(52)22-23-46-41(56)38(55)43(2,3)28-65-71(62,63)68-70(60,61)64-27-32-37(67-69(57,58)59)36(54)42(66-32)50-30-49-35-39(44)47-29-48-40(35)50/h11-12,29-30,32,36-38,42,54-55H,4-10,13-28H2,1-3H3,(H,45,52)(H,46,56)(H,60,61)(H,62,63)(H2,44,47,48)(H2,57,58,59)/p-4/b12-11-/t32-,36-,37-,38+,42-/m1/s1. The number of hydrogen-bond donors (Lipinski definition) is 5. The fraction of sp³-hybridized carbons (Fsp3) is 0.744. The molecular weight excluding hydrogens is 1030 g/mol. The summed E-state index contributed by atoms with van der Waals surface area (Å²) in [7, 11) is -17.7. The average Bonchev–Trinajstić information content (AvgIpc) is 3.86. The number of carbonyl (C=O) groups is 4. The van der Waals surface area contributed by atoms with Crippen molar-refractivity contribution in [2.24, 2.45) is 5.41 Å². The molecule has 2 aromatic heterocycles. The van der Waals surface area contributed by atoms with Crippen LogP contribution in [0.2, 0.25) is 0 Å². The first-order valence-electron chi connectivity index (χ1n) is 24.1. The summed E-state index contributed by atoms with van der Waals surface area (Å²) in [6.07, 6.45) is 14.7.